The highest BCUT2D eigenvalue weighted by molar-refractivity contribution is 9.10. The van der Waals surface area contributed by atoms with Crippen molar-refractivity contribution in [3.05, 3.63) is 50.9 Å². The molecule has 2 aromatic rings. The maximum Gasteiger partial charge on any atom is 0.222 e. The lowest BCUT2D eigenvalue weighted by Gasteiger charge is -2.38. The lowest BCUT2D eigenvalue weighted by molar-refractivity contribution is -0.122. The number of thiazole rings is 1. The van der Waals surface area contributed by atoms with Gasteiger partial charge in [0.2, 0.25) is 5.91 Å². The van der Waals surface area contributed by atoms with Crippen molar-refractivity contribution in [2.45, 2.75) is 51.4 Å². The molecule has 0 saturated heterocycles. The summed E-state index contributed by atoms with van der Waals surface area (Å²) in [6.45, 7) is 4.21. The number of nitrogens with two attached hydrogens (primary N) is 1. The van der Waals surface area contributed by atoms with Crippen molar-refractivity contribution in [1.82, 2.24) is 4.98 Å². The molecule has 2 N–H and O–H groups in total. The molecule has 0 bridgehead atoms. The number of unbranched alkanes of at least 4 members (excludes halogenated alkanes) is 2. The summed E-state index contributed by atoms with van der Waals surface area (Å²) in [4.78, 5) is 17.3. The number of carbonyl (C=O) groups is 1. The van der Waals surface area contributed by atoms with Crippen LogP contribution >= 0.6 is 27.3 Å². The molecule has 2 atom stereocenters. The number of rotatable bonds is 9. The third-order valence-corrected chi connectivity index (χ3v) is 6.64. The van der Waals surface area contributed by atoms with Crippen molar-refractivity contribution in [3.63, 3.8) is 0 Å². The second-order valence-corrected chi connectivity index (χ2v) is 8.76. The highest BCUT2D eigenvalue weighted by atomic mass is 79.9. The van der Waals surface area contributed by atoms with Gasteiger partial charge in [-0.05, 0) is 30.5 Å². The molecule has 2 heterocycles. The molecule has 1 amide bonds. The maximum atomic E-state index is 12.8. The van der Waals surface area contributed by atoms with Crippen LogP contribution in [0.3, 0.4) is 0 Å². The van der Waals surface area contributed by atoms with E-state index in [0.717, 1.165) is 45.7 Å². The first kappa shape index (κ1) is 20.9. The fraction of sp³-hybridized carbons (Fsp3) is 0.429. The van der Waals surface area contributed by atoms with Crippen LogP contribution in [0.2, 0.25) is 0 Å². The van der Waals surface area contributed by atoms with Gasteiger partial charge in [0.05, 0.1) is 17.0 Å². The van der Waals surface area contributed by atoms with Crippen molar-refractivity contribution < 1.29 is 4.79 Å². The minimum atomic E-state index is -0.771. The third-order valence-electron chi connectivity index (χ3n) is 5.33. The SMILES string of the molecule is CCCCCC(C(N)=O)C1(c2ccc(Br)cc2)C(CC)=NN=C1c1nccs1. The van der Waals surface area contributed by atoms with Crippen molar-refractivity contribution in [1.29, 1.82) is 0 Å². The van der Waals surface area contributed by atoms with Gasteiger partial charge in [0.25, 0.3) is 0 Å². The molecule has 28 heavy (non-hydrogen) atoms. The van der Waals surface area contributed by atoms with Gasteiger partial charge in [-0.15, -0.1) is 11.3 Å². The van der Waals surface area contributed by atoms with Crippen LogP contribution in [0.5, 0.6) is 0 Å². The molecule has 7 heteroatoms. The van der Waals surface area contributed by atoms with E-state index >= 15 is 0 Å². The van der Waals surface area contributed by atoms with Gasteiger partial charge in [0, 0.05) is 16.0 Å². The third kappa shape index (κ3) is 3.70. The molecule has 5 nitrogen and oxygen atoms in total. The Hall–Kier alpha value is -1.86. The quantitative estimate of drug-likeness (QED) is 0.528. The van der Waals surface area contributed by atoms with Crippen LogP contribution in [0, 0.1) is 5.92 Å². The van der Waals surface area contributed by atoms with E-state index < -0.39 is 11.3 Å². The second-order valence-electron chi connectivity index (χ2n) is 6.95. The summed E-state index contributed by atoms with van der Waals surface area (Å²) in [6, 6.07) is 8.07. The Bertz CT molecular complexity index is 876. The minimum absolute atomic E-state index is 0.314. The molecule has 0 spiro atoms. The van der Waals surface area contributed by atoms with Crippen LogP contribution in [0.25, 0.3) is 0 Å². The topological polar surface area (TPSA) is 80.7 Å². The normalized spacial score (nSPS) is 20.0. The highest BCUT2D eigenvalue weighted by Crippen LogP contribution is 2.45. The first-order valence-electron chi connectivity index (χ1n) is 9.66. The average molecular weight is 461 g/mol. The molecule has 0 fully saturated rings. The second kappa shape index (κ2) is 9.09. The van der Waals surface area contributed by atoms with Crippen LogP contribution in [0.15, 0.2) is 50.5 Å². The largest absolute Gasteiger partial charge is 0.369 e. The molecule has 148 valence electrons. The Kier molecular flexibility index (Phi) is 6.78. The minimum Gasteiger partial charge on any atom is -0.369 e. The summed E-state index contributed by atoms with van der Waals surface area (Å²) in [6.07, 6.45) is 6.22. The molecule has 0 aliphatic carbocycles. The number of carbonyl (C=O) groups excluding carboxylic acids is 1. The van der Waals surface area contributed by atoms with Crippen molar-refractivity contribution >= 4 is 44.6 Å². The van der Waals surface area contributed by atoms with E-state index in [-0.39, 0.29) is 5.91 Å². The molecule has 1 aliphatic heterocycles. The Balaban J connectivity index is 2.22. The number of primary amides is 1. The number of amides is 1. The summed E-state index contributed by atoms with van der Waals surface area (Å²) in [5, 5.41) is 11.8. The van der Waals surface area contributed by atoms with E-state index in [9.17, 15) is 4.79 Å². The van der Waals surface area contributed by atoms with E-state index in [4.69, 9.17) is 5.73 Å². The Labute approximate surface area is 178 Å². The fourth-order valence-electron chi connectivity index (χ4n) is 4.06. The van der Waals surface area contributed by atoms with Gasteiger partial charge in [-0.2, -0.15) is 10.2 Å². The van der Waals surface area contributed by atoms with Gasteiger partial charge in [-0.1, -0.05) is 61.2 Å². The van der Waals surface area contributed by atoms with E-state index in [1.54, 1.807) is 6.20 Å². The molecule has 1 aromatic carbocycles. The van der Waals surface area contributed by atoms with E-state index in [1.165, 1.54) is 11.3 Å². The number of halogens is 1. The first-order valence-corrected chi connectivity index (χ1v) is 11.3. The molecule has 1 aliphatic rings. The van der Waals surface area contributed by atoms with E-state index in [2.05, 4.69) is 45.0 Å². The molecule has 0 radical (unpaired) electrons. The van der Waals surface area contributed by atoms with Gasteiger partial charge in [-0.3, -0.25) is 4.79 Å². The van der Waals surface area contributed by atoms with E-state index in [0.29, 0.717) is 12.8 Å². The molecule has 3 rings (SSSR count). The Morgan fingerprint density at radius 1 is 1.21 bits per heavy atom. The Morgan fingerprint density at radius 3 is 2.54 bits per heavy atom. The standard InChI is InChI=1S/C21H25BrN4OS/c1-3-5-6-7-16(19(23)27)21(14-8-10-15(22)11-9-14)17(4-2)25-26-18(21)20-24-12-13-28-20/h8-13,16H,3-7H2,1-2H3,(H2,23,27). The number of aromatic nitrogens is 1. The number of benzene rings is 1. The smallest absolute Gasteiger partial charge is 0.222 e. The Morgan fingerprint density at radius 2 is 1.96 bits per heavy atom. The van der Waals surface area contributed by atoms with Gasteiger partial charge in [0.15, 0.2) is 0 Å². The van der Waals surface area contributed by atoms with Gasteiger partial charge in [-0.25, -0.2) is 4.98 Å². The highest BCUT2D eigenvalue weighted by Gasteiger charge is 2.54. The fourth-order valence-corrected chi connectivity index (χ4v) is 5.01. The van der Waals surface area contributed by atoms with Crippen LogP contribution in [-0.2, 0) is 10.2 Å². The van der Waals surface area contributed by atoms with Crippen LogP contribution in [0.4, 0.5) is 0 Å². The average Bonchev–Trinajstić information content (AvgIpc) is 3.33. The number of hydrogen-bond acceptors (Lipinski definition) is 5. The summed E-state index contributed by atoms with van der Waals surface area (Å²) < 4.78 is 0.980. The van der Waals surface area contributed by atoms with E-state index in [1.807, 2.05) is 29.6 Å². The van der Waals surface area contributed by atoms with Gasteiger partial charge in [0.1, 0.15) is 10.7 Å². The summed E-state index contributed by atoms with van der Waals surface area (Å²) in [5.41, 5.74) is 7.84. The maximum absolute atomic E-state index is 12.8. The van der Waals surface area contributed by atoms with Crippen molar-refractivity contribution in [2.24, 2.45) is 21.9 Å². The molecule has 2 unspecified atom stereocenters. The summed E-state index contributed by atoms with van der Waals surface area (Å²) in [5.74, 6) is -0.740. The van der Waals surface area contributed by atoms with Crippen molar-refractivity contribution in [2.75, 3.05) is 0 Å². The van der Waals surface area contributed by atoms with Gasteiger partial charge < -0.3 is 5.73 Å². The van der Waals surface area contributed by atoms with Crippen LogP contribution in [0.1, 0.15) is 56.5 Å². The first-order chi connectivity index (χ1) is 13.6. The monoisotopic (exact) mass is 460 g/mol. The zero-order chi connectivity index (χ0) is 20.1. The van der Waals surface area contributed by atoms with Crippen molar-refractivity contribution in [3.8, 4) is 0 Å². The molecular formula is C21H25BrN4OS. The zero-order valence-electron chi connectivity index (χ0n) is 16.2. The predicted octanol–water partition coefficient (Wildman–Crippen LogP) is 5.09. The molecule has 1 aromatic heterocycles. The lowest BCUT2D eigenvalue weighted by atomic mass is 9.62. The molecule has 0 saturated carbocycles. The van der Waals surface area contributed by atoms with Crippen LogP contribution in [-0.4, -0.2) is 22.3 Å². The summed E-state index contributed by atoms with van der Waals surface area (Å²) >= 11 is 5.03. The predicted molar refractivity (Wildman–Crippen MR) is 119 cm³/mol. The lowest BCUT2D eigenvalue weighted by Crippen LogP contribution is -2.52. The molecular weight excluding hydrogens is 436 g/mol. The van der Waals surface area contributed by atoms with Crippen LogP contribution < -0.4 is 5.73 Å². The number of hydrogen-bond donors (Lipinski definition) is 1. The summed E-state index contributed by atoms with van der Waals surface area (Å²) in [7, 11) is 0. The van der Waals surface area contributed by atoms with Gasteiger partial charge >= 0.3 is 0 Å². The number of nitrogens with zero attached hydrogens (tertiary/aromatic N) is 3. The zero-order valence-corrected chi connectivity index (χ0v) is 18.6.